The number of ether oxygens (including phenoxy) is 1. The van der Waals surface area contributed by atoms with Gasteiger partial charge in [-0.25, -0.2) is 0 Å². The summed E-state index contributed by atoms with van der Waals surface area (Å²) in [4.78, 5) is 13.8. The number of hydrogen-bond acceptors (Lipinski definition) is 4. The topological polar surface area (TPSA) is 61.8 Å². The van der Waals surface area contributed by atoms with Crippen LogP contribution in [0.15, 0.2) is 24.3 Å². The smallest absolute Gasteiger partial charge is 0.325 e. The van der Waals surface area contributed by atoms with Crippen LogP contribution in [0, 0.1) is 0 Å². The van der Waals surface area contributed by atoms with Crippen molar-refractivity contribution in [1.29, 1.82) is 0 Å². The lowest BCUT2D eigenvalue weighted by atomic mass is 10.0. The Bertz CT molecular complexity index is 490. The number of aliphatic carboxylic acids is 1. The normalized spacial score (nSPS) is 20.2. The van der Waals surface area contributed by atoms with E-state index in [0.29, 0.717) is 6.61 Å². The molecule has 1 saturated heterocycles. The van der Waals surface area contributed by atoms with Gasteiger partial charge in [-0.1, -0.05) is 31.9 Å². The standard InChI is InChI=1S/C18H28N2O3/c1-3-4-5-12-23-16-8-6-15(7-9-16)17(18(21)22)20-11-10-19-13-14(20)2/h6-9,14,17,19H,3-5,10-13H2,1-2H3,(H,21,22). The van der Waals surface area contributed by atoms with Crippen molar-refractivity contribution in [1.82, 2.24) is 10.2 Å². The number of nitrogens with zero attached hydrogens (tertiary/aromatic N) is 1. The van der Waals surface area contributed by atoms with Crippen molar-refractivity contribution in [2.24, 2.45) is 0 Å². The van der Waals surface area contributed by atoms with Crippen LogP contribution in [-0.2, 0) is 4.79 Å². The number of rotatable bonds is 8. The molecule has 0 aromatic heterocycles. The highest BCUT2D eigenvalue weighted by atomic mass is 16.5. The van der Waals surface area contributed by atoms with Gasteiger partial charge >= 0.3 is 5.97 Å². The first-order chi connectivity index (χ1) is 11.1. The van der Waals surface area contributed by atoms with Crippen LogP contribution in [0.25, 0.3) is 0 Å². The maximum Gasteiger partial charge on any atom is 0.325 e. The molecule has 1 fully saturated rings. The number of carboxylic acids is 1. The Hall–Kier alpha value is -1.59. The SMILES string of the molecule is CCCCCOc1ccc(C(C(=O)O)N2CCNCC2C)cc1. The van der Waals surface area contributed by atoms with Crippen LogP contribution >= 0.6 is 0 Å². The van der Waals surface area contributed by atoms with Crippen LogP contribution in [0.1, 0.15) is 44.7 Å². The summed E-state index contributed by atoms with van der Waals surface area (Å²) in [6.07, 6.45) is 3.39. The Kier molecular flexibility index (Phi) is 6.86. The third kappa shape index (κ3) is 4.94. The molecule has 1 aromatic rings. The first kappa shape index (κ1) is 17.8. The highest BCUT2D eigenvalue weighted by molar-refractivity contribution is 5.75. The summed E-state index contributed by atoms with van der Waals surface area (Å²) >= 11 is 0. The van der Waals surface area contributed by atoms with Crippen LogP contribution in [0.4, 0.5) is 0 Å². The van der Waals surface area contributed by atoms with Crippen molar-refractivity contribution in [2.45, 2.75) is 45.2 Å². The van der Waals surface area contributed by atoms with Gasteiger partial charge in [0.1, 0.15) is 11.8 Å². The van der Waals surface area contributed by atoms with Gasteiger partial charge in [0.2, 0.25) is 0 Å². The zero-order valence-electron chi connectivity index (χ0n) is 14.1. The van der Waals surface area contributed by atoms with Crippen LogP contribution in [0.3, 0.4) is 0 Å². The summed E-state index contributed by atoms with van der Waals surface area (Å²) in [7, 11) is 0. The first-order valence-corrected chi connectivity index (χ1v) is 8.55. The van der Waals surface area contributed by atoms with Crippen molar-refractivity contribution in [3.05, 3.63) is 29.8 Å². The first-order valence-electron chi connectivity index (χ1n) is 8.55. The number of hydrogen-bond donors (Lipinski definition) is 2. The number of carbonyl (C=O) groups is 1. The summed E-state index contributed by atoms with van der Waals surface area (Å²) in [5, 5.41) is 13.0. The summed E-state index contributed by atoms with van der Waals surface area (Å²) in [6, 6.07) is 7.12. The lowest BCUT2D eigenvalue weighted by Crippen LogP contribution is -2.52. The van der Waals surface area contributed by atoms with Gasteiger partial charge in [-0.3, -0.25) is 9.69 Å². The van der Waals surface area contributed by atoms with Crippen LogP contribution in [0.5, 0.6) is 5.75 Å². The van der Waals surface area contributed by atoms with Gasteiger partial charge in [-0.2, -0.15) is 0 Å². The van der Waals surface area contributed by atoms with Gasteiger partial charge in [0.05, 0.1) is 6.61 Å². The van der Waals surface area contributed by atoms with E-state index in [4.69, 9.17) is 4.74 Å². The molecule has 0 radical (unpaired) electrons. The molecule has 23 heavy (non-hydrogen) atoms. The number of carboxylic acid groups (broad SMARTS) is 1. The van der Waals surface area contributed by atoms with Gasteiger partial charge in [-0.05, 0) is 31.0 Å². The lowest BCUT2D eigenvalue weighted by Gasteiger charge is -2.38. The molecule has 2 N–H and O–H groups in total. The number of benzene rings is 1. The Morgan fingerprint density at radius 3 is 2.74 bits per heavy atom. The predicted octanol–water partition coefficient (Wildman–Crippen LogP) is 2.68. The van der Waals surface area contributed by atoms with Gasteiger partial charge in [-0.15, -0.1) is 0 Å². The monoisotopic (exact) mass is 320 g/mol. The van der Waals surface area contributed by atoms with E-state index in [1.54, 1.807) is 0 Å². The Labute approximate surface area is 138 Å². The van der Waals surface area contributed by atoms with E-state index in [-0.39, 0.29) is 6.04 Å². The van der Waals surface area contributed by atoms with Crippen LogP contribution in [0.2, 0.25) is 0 Å². The predicted molar refractivity (Wildman–Crippen MR) is 90.9 cm³/mol. The second-order valence-electron chi connectivity index (χ2n) is 6.16. The molecule has 0 bridgehead atoms. The number of nitrogens with one attached hydrogen (secondary N) is 1. The number of piperazine rings is 1. The minimum absolute atomic E-state index is 0.204. The Morgan fingerprint density at radius 1 is 1.39 bits per heavy atom. The molecule has 1 aliphatic heterocycles. The van der Waals surface area contributed by atoms with E-state index in [0.717, 1.165) is 37.4 Å². The molecule has 128 valence electrons. The molecule has 0 saturated carbocycles. The van der Waals surface area contributed by atoms with E-state index in [1.165, 1.54) is 12.8 Å². The molecule has 1 aromatic carbocycles. The molecule has 1 aliphatic rings. The Balaban J connectivity index is 2.03. The van der Waals surface area contributed by atoms with E-state index in [9.17, 15) is 9.90 Å². The molecule has 0 amide bonds. The summed E-state index contributed by atoms with van der Waals surface area (Å²) < 4.78 is 5.70. The van der Waals surface area contributed by atoms with E-state index in [2.05, 4.69) is 24.1 Å². The number of unbranched alkanes of at least 4 members (excludes halogenated alkanes) is 2. The molecule has 2 rings (SSSR count). The molecular weight excluding hydrogens is 292 g/mol. The van der Waals surface area contributed by atoms with Crippen molar-refractivity contribution >= 4 is 5.97 Å². The van der Waals surface area contributed by atoms with Gasteiger partial charge in [0.25, 0.3) is 0 Å². The fourth-order valence-electron chi connectivity index (χ4n) is 3.00. The summed E-state index contributed by atoms with van der Waals surface area (Å²) in [6.45, 7) is 7.33. The second-order valence-corrected chi connectivity index (χ2v) is 6.16. The third-order valence-electron chi connectivity index (χ3n) is 4.33. The fourth-order valence-corrected chi connectivity index (χ4v) is 3.00. The average molecular weight is 320 g/mol. The van der Waals surface area contributed by atoms with Crippen LogP contribution < -0.4 is 10.1 Å². The zero-order chi connectivity index (χ0) is 16.7. The molecule has 0 spiro atoms. The van der Waals surface area contributed by atoms with E-state index in [1.807, 2.05) is 24.3 Å². The van der Waals surface area contributed by atoms with Gasteiger partial charge < -0.3 is 15.2 Å². The minimum Gasteiger partial charge on any atom is -0.494 e. The average Bonchev–Trinajstić information content (AvgIpc) is 2.55. The third-order valence-corrected chi connectivity index (χ3v) is 4.33. The lowest BCUT2D eigenvalue weighted by molar-refractivity contribution is -0.145. The summed E-state index contributed by atoms with van der Waals surface area (Å²) in [5.74, 6) is 0.0118. The second kappa shape index (κ2) is 8.89. The molecule has 5 nitrogen and oxygen atoms in total. The maximum atomic E-state index is 11.8. The van der Waals surface area contributed by atoms with Crippen molar-refractivity contribution in [3.63, 3.8) is 0 Å². The van der Waals surface area contributed by atoms with Crippen molar-refractivity contribution in [2.75, 3.05) is 26.2 Å². The fraction of sp³-hybridized carbons (Fsp3) is 0.611. The largest absolute Gasteiger partial charge is 0.494 e. The molecular formula is C18H28N2O3. The molecule has 5 heteroatoms. The zero-order valence-corrected chi connectivity index (χ0v) is 14.1. The molecule has 2 atom stereocenters. The minimum atomic E-state index is -0.796. The van der Waals surface area contributed by atoms with Gasteiger partial charge in [0.15, 0.2) is 0 Å². The quantitative estimate of drug-likeness (QED) is 0.721. The van der Waals surface area contributed by atoms with E-state index < -0.39 is 12.0 Å². The molecule has 0 aliphatic carbocycles. The van der Waals surface area contributed by atoms with Gasteiger partial charge in [0, 0.05) is 25.7 Å². The van der Waals surface area contributed by atoms with E-state index >= 15 is 0 Å². The maximum absolute atomic E-state index is 11.8. The van der Waals surface area contributed by atoms with Crippen molar-refractivity contribution in [3.8, 4) is 5.75 Å². The van der Waals surface area contributed by atoms with Crippen molar-refractivity contribution < 1.29 is 14.6 Å². The van der Waals surface area contributed by atoms with Crippen LogP contribution in [-0.4, -0.2) is 48.3 Å². The Morgan fingerprint density at radius 2 is 2.13 bits per heavy atom. The molecule has 1 heterocycles. The highest BCUT2D eigenvalue weighted by Crippen LogP contribution is 2.26. The summed E-state index contributed by atoms with van der Waals surface area (Å²) in [5.41, 5.74) is 0.812. The highest BCUT2D eigenvalue weighted by Gasteiger charge is 2.32. The molecule has 2 unspecified atom stereocenters.